The molecule has 9 nitrogen and oxygen atoms in total. The van der Waals surface area contributed by atoms with Gasteiger partial charge in [0.2, 0.25) is 10.0 Å². The Bertz CT molecular complexity index is 1200. The van der Waals surface area contributed by atoms with E-state index in [9.17, 15) is 18.0 Å². The van der Waals surface area contributed by atoms with Crippen LogP contribution in [-0.2, 0) is 26.2 Å². The highest BCUT2D eigenvalue weighted by Gasteiger charge is 2.23. The van der Waals surface area contributed by atoms with Gasteiger partial charge >= 0.3 is 5.97 Å². The van der Waals surface area contributed by atoms with Crippen molar-refractivity contribution in [3.8, 4) is 5.75 Å². The van der Waals surface area contributed by atoms with Crippen molar-refractivity contribution in [3.05, 3.63) is 57.5 Å². The maximum atomic E-state index is 12.4. The van der Waals surface area contributed by atoms with Crippen LogP contribution < -0.4 is 15.0 Å². The first-order chi connectivity index (χ1) is 13.7. The molecule has 3 rings (SSSR count). The molecule has 2 heterocycles. The van der Waals surface area contributed by atoms with Gasteiger partial charge in [-0.3, -0.25) is 14.0 Å². The van der Waals surface area contributed by atoms with Crippen molar-refractivity contribution < 1.29 is 22.7 Å². The molecule has 0 radical (unpaired) electrons. The highest BCUT2D eigenvalue weighted by Crippen LogP contribution is 2.16. The fourth-order valence-electron chi connectivity index (χ4n) is 2.55. The number of hydrogen-bond donors (Lipinski definition) is 1. The largest absolute Gasteiger partial charge is 0.497 e. The number of nitrogens with one attached hydrogen (secondary N) is 1. The number of carbonyl (C=O) groups excluding carboxylic acids is 1. The van der Waals surface area contributed by atoms with Crippen LogP contribution >= 0.6 is 11.3 Å². The van der Waals surface area contributed by atoms with Crippen LogP contribution in [0.1, 0.15) is 18.3 Å². The molecule has 3 aromatic rings. The number of esters is 1. The van der Waals surface area contributed by atoms with Gasteiger partial charge in [-0.15, -0.1) is 11.3 Å². The minimum atomic E-state index is -3.92. The number of fused-ring (bicyclic) bond motifs is 1. The third kappa shape index (κ3) is 4.63. The molecule has 1 N–H and O–H groups in total. The molecule has 29 heavy (non-hydrogen) atoms. The van der Waals surface area contributed by atoms with E-state index in [2.05, 4.69) is 9.71 Å². The molecular formula is C18H19N3O6S2. The Morgan fingerprint density at radius 3 is 2.66 bits per heavy atom. The maximum Gasteiger partial charge on any atom is 0.324 e. The standard InChI is InChI=1S/C18H19N3O6S2/c1-11-10-28-18-19-13(8-16(22)21(11)18)9-27-17(23)12(2)20-29(24,25)15-6-4-14(26-3)5-7-15/h4-8,10,12,20H,9H2,1-3H3. The molecule has 154 valence electrons. The number of hydrogen-bond acceptors (Lipinski definition) is 8. The first kappa shape index (κ1) is 21.0. The zero-order valence-corrected chi connectivity index (χ0v) is 17.5. The van der Waals surface area contributed by atoms with Crippen LogP contribution in [0.4, 0.5) is 0 Å². The van der Waals surface area contributed by atoms with Crippen LogP contribution in [0.25, 0.3) is 4.96 Å². The van der Waals surface area contributed by atoms with Gasteiger partial charge in [0.25, 0.3) is 5.56 Å². The second-order valence-electron chi connectivity index (χ2n) is 6.21. The Balaban J connectivity index is 1.65. The lowest BCUT2D eigenvalue weighted by atomic mass is 10.3. The monoisotopic (exact) mass is 437 g/mol. The van der Waals surface area contributed by atoms with E-state index in [1.54, 1.807) is 12.3 Å². The van der Waals surface area contributed by atoms with Gasteiger partial charge in [-0.25, -0.2) is 13.4 Å². The third-order valence-corrected chi connectivity index (χ3v) is 6.55. The summed E-state index contributed by atoms with van der Waals surface area (Å²) in [6.45, 7) is 2.93. The number of aryl methyl sites for hydroxylation is 1. The van der Waals surface area contributed by atoms with Crippen molar-refractivity contribution in [1.29, 1.82) is 0 Å². The van der Waals surface area contributed by atoms with Crippen LogP contribution in [0.3, 0.4) is 0 Å². The van der Waals surface area contributed by atoms with Crippen molar-refractivity contribution in [3.63, 3.8) is 0 Å². The fourth-order valence-corrected chi connectivity index (χ4v) is 4.63. The van der Waals surface area contributed by atoms with E-state index in [-0.39, 0.29) is 22.8 Å². The van der Waals surface area contributed by atoms with E-state index in [0.717, 1.165) is 5.69 Å². The molecule has 0 aliphatic heterocycles. The van der Waals surface area contributed by atoms with E-state index in [1.165, 1.54) is 60.1 Å². The predicted molar refractivity (Wildman–Crippen MR) is 107 cm³/mol. The van der Waals surface area contributed by atoms with Gasteiger partial charge in [-0.1, -0.05) is 0 Å². The van der Waals surface area contributed by atoms with Crippen LogP contribution in [0.5, 0.6) is 5.75 Å². The Morgan fingerprint density at radius 2 is 2.00 bits per heavy atom. The molecule has 1 unspecified atom stereocenters. The van der Waals surface area contributed by atoms with Crippen LogP contribution in [-0.4, -0.2) is 36.9 Å². The van der Waals surface area contributed by atoms with E-state index in [0.29, 0.717) is 10.7 Å². The summed E-state index contributed by atoms with van der Waals surface area (Å²) in [4.78, 5) is 29.1. The van der Waals surface area contributed by atoms with Crippen molar-refractivity contribution in [2.75, 3.05) is 7.11 Å². The van der Waals surface area contributed by atoms with Crippen molar-refractivity contribution in [2.24, 2.45) is 0 Å². The molecule has 0 saturated carbocycles. The fraction of sp³-hybridized carbons (Fsp3) is 0.278. The lowest BCUT2D eigenvalue weighted by Gasteiger charge is -2.14. The first-order valence-corrected chi connectivity index (χ1v) is 10.9. The average molecular weight is 437 g/mol. The van der Waals surface area contributed by atoms with Gasteiger partial charge in [0.05, 0.1) is 17.7 Å². The second kappa shape index (κ2) is 8.31. The topological polar surface area (TPSA) is 116 Å². The first-order valence-electron chi connectivity index (χ1n) is 8.51. The maximum absolute atomic E-state index is 12.4. The smallest absolute Gasteiger partial charge is 0.324 e. The number of sulfonamides is 1. The van der Waals surface area contributed by atoms with Gasteiger partial charge in [0.15, 0.2) is 4.96 Å². The lowest BCUT2D eigenvalue weighted by Crippen LogP contribution is -2.39. The minimum Gasteiger partial charge on any atom is -0.497 e. The highest BCUT2D eigenvalue weighted by molar-refractivity contribution is 7.89. The molecule has 0 bridgehead atoms. The van der Waals surface area contributed by atoms with Gasteiger partial charge in [-0.2, -0.15) is 4.72 Å². The summed E-state index contributed by atoms with van der Waals surface area (Å²) >= 11 is 1.30. The normalized spacial score (nSPS) is 12.7. The second-order valence-corrected chi connectivity index (χ2v) is 8.76. The van der Waals surface area contributed by atoms with Gasteiger partial charge < -0.3 is 9.47 Å². The predicted octanol–water partition coefficient (Wildman–Crippen LogP) is 1.48. The van der Waals surface area contributed by atoms with E-state index < -0.39 is 22.0 Å². The summed E-state index contributed by atoms with van der Waals surface area (Å²) in [7, 11) is -2.45. The summed E-state index contributed by atoms with van der Waals surface area (Å²) in [6, 6.07) is 5.90. The van der Waals surface area contributed by atoms with Crippen molar-refractivity contribution in [1.82, 2.24) is 14.1 Å². The number of nitrogens with zero attached hydrogens (tertiary/aromatic N) is 2. The number of thiazole rings is 1. The Morgan fingerprint density at radius 1 is 1.31 bits per heavy atom. The molecule has 0 amide bonds. The number of methoxy groups -OCH3 is 1. The van der Waals surface area contributed by atoms with E-state index in [4.69, 9.17) is 9.47 Å². The van der Waals surface area contributed by atoms with Crippen LogP contribution in [0, 0.1) is 6.92 Å². The average Bonchev–Trinajstić information content (AvgIpc) is 3.07. The summed E-state index contributed by atoms with van der Waals surface area (Å²) in [5.41, 5.74) is 0.788. The van der Waals surface area contributed by atoms with Gasteiger partial charge in [-0.05, 0) is 38.1 Å². The van der Waals surface area contributed by atoms with Crippen LogP contribution in [0.2, 0.25) is 0 Å². The molecule has 1 aromatic carbocycles. The lowest BCUT2D eigenvalue weighted by molar-refractivity contribution is -0.146. The van der Waals surface area contributed by atoms with Gasteiger partial charge in [0, 0.05) is 17.1 Å². The summed E-state index contributed by atoms with van der Waals surface area (Å²) in [5.74, 6) is -0.274. The van der Waals surface area contributed by atoms with E-state index in [1.807, 2.05) is 0 Å². The highest BCUT2D eigenvalue weighted by atomic mass is 32.2. The molecule has 11 heteroatoms. The van der Waals surface area contributed by atoms with Gasteiger partial charge in [0.1, 0.15) is 18.4 Å². The molecule has 0 fully saturated rings. The number of ether oxygens (including phenoxy) is 2. The molecule has 0 aliphatic carbocycles. The number of carbonyl (C=O) groups is 1. The Labute approximate surface area is 171 Å². The molecular weight excluding hydrogens is 418 g/mol. The minimum absolute atomic E-state index is 0.00819. The Hall–Kier alpha value is -2.76. The Kier molecular flexibility index (Phi) is 6.01. The quantitative estimate of drug-likeness (QED) is 0.557. The summed E-state index contributed by atoms with van der Waals surface area (Å²) < 4.78 is 38.6. The molecule has 2 aromatic heterocycles. The number of aromatic nitrogens is 2. The zero-order valence-electron chi connectivity index (χ0n) is 15.9. The number of rotatable bonds is 7. The van der Waals surface area contributed by atoms with E-state index >= 15 is 0 Å². The van der Waals surface area contributed by atoms with Crippen molar-refractivity contribution in [2.45, 2.75) is 31.4 Å². The number of benzene rings is 1. The van der Waals surface area contributed by atoms with Crippen molar-refractivity contribution >= 4 is 32.3 Å². The summed E-state index contributed by atoms with van der Waals surface area (Å²) in [6.07, 6.45) is 0. The third-order valence-electron chi connectivity index (χ3n) is 4.05. The SMILES string of the molecule is COc1ccc(S(=O)(=O)NC(C)C(=O)OCc2cc(=O)n3c(C)csc3n2)cc1. The summed E-state index contributed by atoms with van der Waals surface area (Å²) in [5, 5.41) is 1.80. The van der Waals surface area contributed by atoms with Crippen LogP contribution in [0.15, 0.2) is 45.4 Å². The molecule has 0 aliphatic rings. The molecule has 0 spiro atoms. The molecule has 1 atom stereocenters. The zero-order chi connectivity index (χ0) is 21.2. The molecule has 0 saturated heterocycles.